The molecule has 0 N–H and O–H groups in total. The molecule has 1 unspecified atom stereocenters. The van der Waals surface area contributed by atoms with Crippen LogP contribution >= 0.6 is 0 Å². The largest absolute Gasteiger partial charge is 0.462 e. The average molecular weight is 1060 g/mol. The Hall–Kier alpha value is -3.15. The van der Waals surface area contributed by atoms with Gasteiger partial charge in [0.15, 0.2) is 6.10 Å². The molecular formula is C70H124O6. The summed E-state index contributed by atoms with van der Waals surface area (Å²) in [5, 5.41) is 0. The van der Waals surface area contributed by atoms with E-state index in [1.54, 1.807) is 0 Å². The summed E-state index contributed by atoms with van der Waals surface area (Å²) in [5.41, 5.74) is 0. The number of unbranched alkanes of at least 4 members (excludes halogenated alkanes) is 37. The molecule has 76 heavy (non-hydrogen) atoms. The Morgan fingerprint density at radius 2 is 0.474 bits per heavy atom. The molecule has 1 atom stereocenters. The lowest BCUT2D eigenvalue weighted by Crippen LogP contribution is -2.30. The van der Waals surface area contributed by atoms with Gasteiger partial charge in [-0.15, -0.1) is 0 Å². The minimum Gasteiger partial charge on any atom is -0.462 e. The third-order valence-electron chi connectivity index (χ3n) is 14.4. The zero-order valence-corrected chi connectivity index (χ0v) is 50.5. The van der Waals surface area contributed by atoms with Crippen molar-refractivity contribution in [1.29, 1.82) is 0 Å². The Morgan fingerprint density at radius 3 is 0.776 bits per heavy atom. The molecule has 6 heteroatoms. The van der Waals surface area contributed by atoms with Crippen LogP contribution in [0.5, 0.6) is 0 Å². The van der Waals surface area contributed by atoms with Gasteiger partial charge in [-0.25, -0.2) is 0 Å². The first-order chi connectivity index (χ1) is 37.5. The molecule has 0 rings (SSSR count). The van der Waals surface area contributed by atoms with Crippen molar-refractivity contribution in [2.24, 2.45) is 0 Å². The van der Waals surface area contributed by atoms with Crippen LogP contribution in [0, 0.1) is 0 Å². The maximum atomic E-state index is 12.9. The lowest BCUT2D eigenvalue weighted by Gasteiger charge is -2.18. The van der Waals surface area contributed by atoms with Crippen molar-refractivity contribution in [2.45, 2.75) is 341 Å². The minimum absolute atomic E-state index is 0.0821. The van der Waals surface area contributed by atoms with E-state index >= 15 is 0 Å². The van der Waals surface area contributed by atoms with Crippen molar-refractivity contribution in [3.05, 3.63) is 72.9 Å². The monoisotopic (exact) mass is 1060 g/mol. The van der Waals surface area contributed by atoms with Gasteiger partial charge in [0, 0.05) is 19.3 Å². The molecule has 6 nitrogen and oxygen atoms in total. The molecule has 0 aromatic heterocycles. The van der Waals surface area contributed by atoms with Crippen LogP contribution in [-0.4, -0.2) is 37.2 Å². The zero-order valence-electron chi connectivity index (χ0n) is 50.5. The number of ether oxygens (including phenoxy) is 3. The summed E-state index contributed by atoms with van der Waals surface area (Å²) >= 11 is 0. The van der Waals surface area contributed by atoms with Crippen LogP contribution in [-0.2, 0) is 28.6 Å². The molecular weight excluding hydrogens is 937 g/mol. The van der Waals surface area contributed by atoms with Crippen molar-refractivity contribution in [1.82, 2.24) is 0 Å². The van der Waals surface area contributed by atoms with Gasteiger partial charge in [0.1, 0.15) is 13.2 Å². The van der Waals surface area contributed by atoms with Crippen molar-refractivity contribution >= 4 is 17.9 Å². The van der Waals surface area contributed by atoms with E-state index in [-0.39, 0.29) is 31.1 Å². The molecule has 0 bridgehead atoms. The van der Waals surface area contributed by atoms with E-state index in [1.807, 2.05) is 0 Å². The molecule has 0 aromatic rings. The van der Waals surface area contributed by atoms with Crippen LogP contribution < -0.4 is 0 Å². The molecule has 0 heterocycles. The second kappa shape index (κ2) is 64.4. The highest BCUT2D eigenvalue weighted by atomic mass is 16.6. The topological polar surface area (TPSA) is 78.9 Å². The summed E-state index contributed by atoms with van der Waals surface area (Å²) in [6, 6.07) is 0. The smallest absolute Gasteiger partial charge is 0.306 e. The Labute approximate surface area is 472 Å². The summed E-state index contributed by atoms with van der Waals surface area (Å²) in [7, 11) is 0. The molecule has 0 aliphatic carbocycles. The van der Waals surface area contributed by atoms with E-state index < -0.39 is 6.10 Å². The normalized spacial score (nSPS) is 12.5. The van der Waals surface area contributed by atoms with E-state index in [1.165, 1.54) is 193 Å². The Balaban J connectivity index is 4.24. The van der Waals surface area contributed by atoms with Gasteiger partial charge in [0.05, 0.1) is 0 Å². The highest BCUT2D eigenvalue weighted by Crippen LogP contribution is 2.16. The quantitative estimate of drug-likeness (QED) is 0.0261. The van der Waals surface area contributed by atoms with Crippen LogP contribution in [0.25, 0.3) is 0 Å². The van der Waals surface area contributed by atoms with Gasteiger partial charge in [-0.05, 0) is 116 Å². The lowest BCUT2D eigenvalue weighted by molar-refractivity contribution is -0.167. The first-order valence-electron chi connectivity index (χ1n) is 32.9. The molecule has 0 amide bonds. The fourth-order valence-corrected chi connectivity index (χ4v) is 9.42. The van der Waals surface area contributed by atoms with Crippen LogP contribution in [0.1, 0.15) is 335 Å². The molecule has 0 fully saturated rings. The summed E-state index contributed by atoms with van der Waals surface area (Å²) in [4.78, 5) is 38.3. The Bertz CT molecular complexity index is 1400. The predicted molar refractivity (Wildman–Crippen MR) is 330 cm³/mol. The standard InChI is InChI=1S/C70H124O6/c1-4-7-10-13-16-19-22-25-28-29-30-31-32-33-34-35-36-37-38-39-40-41-43-45-48-51-54-57-60-63-69(72)75-66-67(65-74-68(71)62-59-56-53-50-47-44-27-24-21-18-15-12-9-6-3)76-70(73)64-61-58-55-52-49-46-42-26-23-20-17-14-11-8-5-2/h17,20,22,24-27,29-30,32-33,42,67H,4-16,18-19,21,23,28,31,34-41,43-66H2,1-3H3/b20-17-,25-22-,27-24-,30-29-,33-32-,42-26-. The third-order valence-corrected chi connectivity index (χ3v) is 14.4. The maximum absolute atomic E-state index is 12.9. The number of allylic oxidation sites excluding steroid dienone is 12. The van der Waals surface area contributed by atoms with Crippen LogP contribution in [0.15, 0.2) is 72.9 Å². The average Bonchev–Trinajstić information content (AvgIpc) is 3.42. The molecule has 0 aromatic carbocycles. The second-order valence-corrected chi connectivity index (χ2v) is 22.0. The highest BCUT2D eigenvalue weighted by Gasteiger charge is 2.19. The number of carbonyl (C=O) groups is 3. The predicted octanol–water partition coefficient (Wildman–Crippen LogP) is 22.5. The summed E-state index contributed by atoms with van der Waals surface area (Å²) in [6.07, 6.45) is 83.4. The van der Waals surface area contributed by atoms with E-state index in [4.69, 9.17) is 14.2 Å². The van der Waals surface area contributed by atoms with Gasteiger partial charge in [0.25, 0.3) is 0 Å². The van der Waals surface area contributed by atoms with Gasteiger partial charge >= 0.3 is 17.9 Å². The van der Waals surface area contributed by atoms with E-state index in [2.05, 4.69) is 93.7 Å². The maximum Gasteiger partial charge on any atom is 0.306 e. The van der Waals surface area contributed by atoms with Crippen LogP contribution in [0.2, 0.25) is 0 Å². The van der Waals surface area contributed by atoms with Crippen molar-refractivity contribution in [2.75, 3.05) is 13.2 Å². The molecule has 0 aliphatic heterocycles. The number of esters is 3. The van der Waals surface area contributed by atoms with Gasteiger partial charge < -0.3 is 14.2 Å². The van der Waals surface area contributed by atoms with Gasteiger partial charge in [0.2, 0.25) is 0 Å². The van der Waals surface area contributed by atoms with Crippen molar-refractivity contribution in [3.8, 4) is 0 Å². The number of carbonyl (C=O) groups excluding carboxylic acids is 3. The fraction of sp³-hybridized carbons (Fsp3) is 0.786. The number of hydrogen-bond donors (Lipinski definition) is 0. The lowest BCUT2D eigenvalue weighted by atomic mass is 10.0. The third kappa shape index (κ3) is 61.7. The first-order valence-corrected chi connectivity index (χ1v) is 32.9. The van der Waals surface area contributed by atoms with Gasteiger partial charge in [-0.2, -0.15) is 0 Å². The van der Waals surface area contributed by atoms with Crippen LogP contribution in [0.4, 0.5) is 0 Å². The number of hydrogen-bond acceptors (Lipinski definition) is 6. The zero-order chi connectivity index (χ0) is 55.0. The highest BCUT2D eigenvalue weighted by molar-refractivity contribution is 5.71. The molecule has 0 aliphatic rings. The Morgan fingerprint density at radius 1 is 0.263 bits per heavy atom. The second-order valence-electron chi connectivity index (χ2n) is 22.0. The molecule has 0 saturated carbocycles. The van der Waals surface area contributed by atoms with E-state index in [0.29, 0.717) is 19.3 Å². The summed E-state index contributed by atoms with van der Waals surface area (Å²) < 4.78 is 16.9. The SMILES string of the molecule is CCCCC/C=C\C/C=C\CCCCCCCC(=O)OC(COC(=O)CCCCCCC/C=C\CCCCCCC)COC(=O)CCCCCCCCCCCCCCCC/C=C\C/C=C\C/C=C\CCCCCCC. The fourth-order valence-electron chi connectivity index (χ4n) is 9.42. The van der Waals surface area contributed by atoms with E-state index in [9.17, 15) is 14.4 Å². The van der Waals surface area contributed by atoms with Crippen LogP contribution in [0.3, 0.4) is 0 Å². The van der Waals surface area contributed by atoms with E-state index in [0.717, 1.165) is 103 Å². The molecule has 0 spiro atoms. The number of rotatable bonds is 60. The van der Waals surface area contributed by atoms with Crippen molar-refractivity contribution < 1.29 is 28.6 Å². The minimum atomic E-state index is -0.786. The molecule has 440 valence electrons. The van der Waals surface area contributed by atoms with Gasteiger partial charge in [-0.3, -0.25) is 14.4 Å². The molecule has 0 radical (unpaired) electrons. The first kappa shape index (κ1) is 72.8. The Kier molecular flexibility index (Phi) is 61.7. The van der Waals surface area contributed by atoms with Gasteiger partial charge in [-0.1, -0.05) is 273 Å². The summed E-state index contributed by atoms with van der Waals surface area (Å²) in [5.74, 6) is -0.892. The molecule has 0 saturated heterocycles. The summed E-state index contributed by atoms with van der Waals surface area (Å²) in [6.45, 7) is 6.61. The van der Waals surface area contributed by atoms with Crippen molar-refractivity contribution in [3.63, 3.8) is 0 Å².